The maximum absolute atomic E-state index is 11.9. The van der Waals surface area contributed by atoms with Gasteiger partial charge in [-0.2, -0.15) is 0 Å². The van der Waals surface area contributed by atoms with Crippen LogP contribution in [0.4, 0.5) is 11.4 Å². The summed E-state index contributed by atoms with van der Waals surface area (Å²) < 4.78 is 24.8. The zero-order chi connectivity index (χ0) is 14.6. The number of amides is 1. The Morgan fingerprint density at radius 2 is 1.74 bits per heavy atom. The van der Waals surface area contributed by atoms with Gasteiger partial charge >= 0.3 is 0 Å². The highest BCUT2D eigenvalue weighted by molar-refractivity contribution is 7.92. The molecular weight excluding hydrogens is 266 g/mol. The number of nitrogens with two attached hydrogens (primary N) is 1. The number of hydrogen-bond donors (Lipinski definition) is 3. The molecule has 2 atom stereocenters. The monoisotopic (exact) mass is 285 g/mol. The lowest BCUT2D eigenvalue weighted by molar-refractivity contribution is -0.119. The minimum absolute atomic E-state index is 0.252. The fourth-order valence-corrected chi connectivity index (χ4v) is 1.94. The van der Waals surface area contributed by atoms with Crippen molar-refractivity contribution in [2.24, 2.45) is 11.7 Å². The molecule has 0 aromatic heterocycles. The third kappa shape index (κ3) is 4.88. The van der Waals surface area contributed by atoms with Crippen LogP contribution in [0.2, 0.25) is 0 Å². The van der Waals surface area contributed by atoms with Crippen LogP contribution in [0.15, 0.2) is 24.3 Å². The second kappa shape index (κ2) is 6.03. The Bertz CT molecular complexity index is 555. The highest BCUT2D eigenvalue weighted by atomic mass is 32.2. The molecule has 1 aromatic rings. The van der Waals surface area contributed by atoms with Crippen LogP contribution >= 0.6 is 0 Å². The van der Waals surface area contributed by atoms with Crippen LogP contribution in [0.3, 0.4) is 0 Å². The predicted octanol–water partition coefficient (Wildman–Crippen LogP) is 0.980. The molecule has 19 heavy (non-hydrogen) atoms. The third-order valence-corrected chi connectivity index (χ3v) is 3.27. The molecule has 0 radical (unpaired) electrons. The predicted molar refractivity (Wildman–Crippen MR) is 76.4 cm³/mol. The van der Waals surface area contributed by atoms with E-state index >= 15 is 0 Å². The number of nitrogens with one attached hydrogen (secondary N) is 2. The van der Waals surface area contributed by atoms with Gasteiger partial charge in [-0.3, -0.25) is 9.52 Å². The Hall–Kier alpha value is -1.60. The van der Waals surface area contributed by atoms with Gasteiger partial charge in [-0.25, -0.2) is 8.42 Å². The van der Waals surface area contributed by atoms with Gasteiger partial charge < -0.3 is 11.1 Å². The van der Waals surface area contributed by atoms with E-state index in [1.807, 2.05) is 0 Å². The normalized spacial score (nSPS) is 14.5. The molecule has 0 saturated heterocycles. The van der Waals surface area contributed by atoms with Crippen molar-refractivity contribution in [3.63, 3.8) is 0 Å². The number of carbonyl (C=O) groups excluding carboxylic acids is 1. The van der Waals surface area contributed by atoms with E-state index < -0.39 is 10.0 Å². The van der Waals surface area contributed by atoms with E-state index in [0.717, 1.165) is 6.26 Å². The summed E-state index contributed by atoms with van der Waals surface area (Å²) in [5.74, 6) is -0.621. The molecule has 1 aromatic carbocycles. The molecule has 6 nitrogen and oxygen atoms in total. The first-order valence-corrected chi connectivity index (χ1v) is 7.73. The van der Waals surface area contributed by atoms with Crippen LogP contribution in [0.1, 0.15) is 13.8 Å². The molecule has 0 aliphatic rings. The fraction of sp³-hybridized carbons (Fsp3) is 0.417. The lowest BCUT2D eigenvalue weighted by atomic mass is 10.0. The summed E-state index contributed by atoms with van der Waals surface area (Å²) in [7, 11) is -3.40. The fourth-order valence-electron chi connectivity index (χ4n) is 1.37. The van der Waals surface area contributed by atoms with E-state index in [-0.39, 0.29) is 17.9 Å². The smallest absolute Gasteiger partial charge is 0.229 e. The molecule has 7 heteroatoms. The van der Waals surface area contributed by atoms with Crippen molar-refractivity contribution in [2.45, 2.75) is 19.9 Å². The van der Waals surface area contributed by atoms with Gasteiger partial charge in [-0.15, -0.1) is 0 Å². The van der Waals surface area contributed by atoms with Crippen molar-refractivity contribution in [3.05, 3.63) is 24.3 Å². The summed E-state index contributed by atoms with van der Waals surface area (Å²) in [6, 6.07) is 6.31. The average Bonchev–Trinajstić information content (AvgIpc) is 2.28. The van der Waals surface area contributed by atoms with Crippen LogP contribution in [-0.2, 0) is 14.8 Å². The van der Waals surface area contributed by atoms with Crippen molar-refractivity contribution in [2.75, 3.05) is 16.3 Å². The first-order valence-electron chi connectivity index (χ1n) is 5.84. The van der Waals surface area contributed by atoms with Crippen LogP contribution in [0.5, 0.6) is 0 Å². The molecule has 0 heterocycles. The van der Waals surface area contributed by atoms with Gasteiger partial charge in [0.15, 0.2) is 0 Å². The maximum Gasteiger partial charge on any atom is 0.229 e. The van der Waals surface area contributed by atoms with E-state index in [1.165, 1.54) is 0 Å². The molecule has 0 spiro atoms. The highest BCUT2D eigenvalue weighted by Gasteiger charge is 2.18. The maximum atomic E-state index is 11.9. The summed E-state index contributed by atoms with van der Waals surface area (Å²) in [6.45, 7) is 3.46. The molecule has 1 amide bonds. The molecule has 1 rings (SSSR count). The quantitative estimate of drug-likeness (QED) is 0.750. The number of carbonyl (C=O) groups is 1. The van der Waals surface area contributed by atoms with Gasteiger partial charge in [-0.05, 0) is 19.1 Å². The van der Waals surface area contributed by atoms with Gasteiger partial charge in [0.1, 0.15) is 0 Å². The van der Waals surface area contributed by atoms with E-state index in [2.05, 4.69) is 10.0 Å². The number of hydrogen-bond acceptors (Lipinski definition) is 4. The first kappa shape index (κ1) is 15.5. The Labute approximate surface area is 113 Å². The van der Waals surface area contributed by atoms with Crippen molar-refractivity contribution < 1.29 is 13.2 Å². The highest BCUT2D eigenvalue weighted by Crippen LogP contribution is 2.22. The van der Waals surface area contributed by atoms with Gasteiger partial charge in [0.05, 0.1) is 23.5 Å². The second-order valence-corrected chi connectivity index (χ2v) is 6.31. The molecule has 106 valence electrons. The first-order chi connectivity index (χ1) is 8.70. The van der Waals surface area contributed by atoms with Gasteiger partial charge in [0.2, 0.25) is 15.9 Å². The van der Waals surface area contributed by atoms with Crippen LogP contribution in [-0.4, -0.2) is 26.6 Å². The number of benzene rings is 1. The van der Waals surface area contributed by atoms with E-state index in [0.29, 0.717) is 11.4 Å². The SMILES string of the molecule is CC(N)C(C)C(=O)Nc1ccccc1NS(C)(=O)=O. The summed E-state index contributed by atoms with van der Waals surface area (Å²) in [6.07, 6.45) is 1.05. The van der Waals surface area contributed by atoms with E-state index in [1.54, 1.807) is 38.1 Å². The molecule has 0 aliphatic heterocycles. The van der Waals surface area contributed by atoms with Crippen molar-refractivity contribution in [1.82, 2.24) is 0 Å². The largest absolute Gasteiger partial charge is 0.327 e. The average molecular weight is 285 g/mol. The molecule has 4 N–H and O–H groups in total. The van der Waals surface area contributed by atoms with Gasteiger partial charge in [0, 0.05) is 6.04 Å². The minimum Gasteiger partial charge on any atom is -0.327 e. The van der Waals surface area contributed by atoms with Crippen molar-refractivity contribution >= 4 is 27.3 Å². The number of para-hydroxylation sites is 2. The summed E-state index contributed by atoms with van der Waals surface area (Å²) in [5, 5.41) is 2.67. The standard InChI is InChI=1S/C12H19N3O3S/c1-8(9(2)13)12(16)14-10-6-4-5-7-11(10)15-19(3,17)18/h4-9,15H,13H2,1-3H3,(H,14,16). The zero-order valence-corrected chi connectivity index (χ0v) is 12.0. The number of anilines is 2. The van der Waals surface area contributed by atoms with Crippen LogP contribution < -0.4 is 15.8 Å². The Morgan fingerprint density at radius 3 is 2.21 bits per heavy atom. The van der Waals surface area contributed by atoms with Crippen molar-refractivity contribution in [3.8, 4) is 0 Å². The van der Waals surface area contributed by atoms with Crippen LogP contribution in [0, 0.1) is 5.92 Å². The Morgan fingerprint density at radius 1 is 1.21 bits per heavy atom. The molecule has 0 saturated carbocycles. The van der Waals surface area contributed by atoms with Gasteiger partial charge in [0.25, 0.3) is 0 Å². The van der Waals surface area contributed by atoms with Crippen LogP contribution in [0.25, 0.3) is 0 Å². The Kier molecular flexibility index (Phi) is 4.90. The summed E-state index contributed by atoms with van der Waals surface area (Å²) in [4.78, 5) is 11.9. The van der Waals surface area contributed by atoms with E-state index in [4.69, 9.17) is 5.73 Å². The molecule has 0 aliphatic carbocycles. The summed E-state index contributed by atoms with van der Waals surface area (Å²) in [5.41, 5.74) is 6.39. The molecule has 0 fully saturated rings. The number of sulfonamides is 1. The van der Waals surface area contributed by atoms with Gasteiger partial charge in [-0.1, -0.05) is 19.1 Å². The third-order valence-electron chi connectivity index (χ3n) is 2.68. The Balaban J connectivity index is 2.93. The topological polar surface area (TPSA) is 101 Å². The lowest BCUT2D eigenvalue weighted by Crippen LogP contribution is -2.34. The molecule has 2 unspecified atom stereocenters. The summed E-state index contributed by atoms with van der Waals surface area (Å²) >= 11 is 0. The zero-order valence-electron chi connectivity index (χ0n) is 11.2. The van der Waals surface area contributed by atoms with Crippen molar-refractivity contribution in [1.29, 1.82) is 0 Å². The molecular formula is C12H19N3O3S. The molecule has 0 bridgehead atoms. The van der Waals surface area contributed by atoms with E-state index in [9.17, 15) is 13.2 Å². The number of rotatable bonds is 5. The lowest BCUT2D eigenvalue weighted by Gasteiger charge is -2.17. The second-order valence-electron chi connectivity index (χ2n) is 4.56. The minimum atomic E-state index is -3.40.